The van der Waals surface area contributed by atoms with Crippen LogP contribution in [0.5, 0.6) is 0 Å². The van der Waals surface area contributed by atoms with Gasteiger partial charge >= 0.3 is 200 Å². The van der Waals surface area contributed by atoms with Gasteiger partial charge in [0.05, 0.1) is 0 Å². The first-order valence-corrected chi connectivity index (χ1v) is 18.7. The topological polar surface area (TPSA) is 0 Å². The fourth-order valence-corrected chi connectivity index (χ4v) is 10.1. The van der Waals surface area contributed by atoms with Crippen LogP contribution in [0, 0.1) is 12.8 Å². The Labute approximate surface area is 198 Å². The summed E-state index contributed by atoms with van der Waals surface area (Å²) in [6.45, 7) is 20.5. The number of hydrogen-bond acceptors (Lipinski definition) is 0. The molecule has 0 heterocycles. The average molecular weight is 522 g/mol. The third-order valence-electron chi connectivity index (χ3n) is 6.28. The van der Waals surface area contributed by atoms with Crippen LogP contribution in [0.25, 0.3) is 17.2 Å². The summed E-state index contributed by atoms with van der Waals surface area (Å²) in [7, 11) is 13.4. The predicted octanol–water partition coefficient (Wildman–Crippen LogP) is 9.28. The molecule has 0 fully saturated rings. The molecule has 1 aliphatic carbocycles. The van der Waals surface area contributed by atoms with Gasteiger partial charge in [-0.25, -0.2) is 0 Å². The van der Waals surface area contributed by atoms with E-state index < -0.39 is 19.4 Å². The maximum absolute atomic E-state index is 6.68. The first-order chi connectivity index (χ1) is 13.7. The molecule has 0 aromatic heterocycles. The number of allylic oxidation sites excluding steroid dienone is 1. The molecule has 2 aromatic carbocycles. The van der Waals surface area contributed by atoms with Crippen molar-refractivity contribution in [3.63, 3.8) is 0 Å². The number of hydrogen-bond donors (Lipinski definition) is 0. The average Bonchev–Trinajstić information content (AvgIpc) is 2.99. The van der Waals surface area contributed by atoms with Gasteiger partial charge in [0.15, 0.2) is 0 Å². The molecule has 0 amide bonds. The molecule has 0 saturated heterocycles. The van der Waals surface area contributed by atoms with Crippen LogP contribution < -0.4 is 0 Å². The predicted molar refractivity (Wildman–Crippen MR) is 131 cm³/mol. The van der Waals surface area contributed by atoms with Gasteiger partial charge in [-0.15, -0.1) is 0 Å². The zero-order chi connectivity index (χ0) is 22.6. The third kappa shape index (κ3) is 4.70. The second kappa shape index (κ2) is 8.53. The molecule has 0 saturated carbocycles. The molecule has 0 radical (unpaired) electrons. The van der Waals surface area contributed by atoms with Crippen molar-refractivity contribution in [3.8, 4) is 11.1 Å². The summed E-state index contributed by atoms with van der Waals surface area (Å²) in [6.07, 6.45) is 2.40. The van der Waals surface area contributed by atoms with Gasteiger partial charge in [0.25, 0.3) is 0 Å². The molecule has 1 atom stereocenters. The summed E-state index contributed by atoms with van der Waals surface area (Å²) in [4.78, 5) is 0. The van der Waals surface area contributed by atoms with Crippen molar-refractivity contribution >= 4 is 23.1 Å². The zero-order valence-corrected chi connectivity index (χ0v) is 23.8. The molecule has 0 nitrogen and oxygen atoms in total. The van der Waals surface area contributed by atoms with E-state index in [0.717, 1.165) is 0 Å². The van der Waals surface area contributed by atoms with E-state index >= 15 is 0 Å². The van der Waals surface area contributed by atoms with Crippen LogP contribution in [0.4, 0.5) is 0 Å². The van der Waals surface area contributed by atoms with Crippen LogP contribution in [0.15, 0.2) is 35.9 Å². The van der Waals surface area contributed by atoms with Crippen LogP contribution in [0.1, 0.15) is 86.8 Å². The van der Waals surface area contributed by atoms with Crippen LogP contribution in [-0.2, 0) is 30.2 Å². The first kappa shape index (κ1) is 24.3. The zero-order valence-electron chi connectivity index (χ0n) is 19.9. The van der Waals surface area contributed by atoms with E-state index in [1.54, 1.807) is 0 Å². The molecular weight excluding hydrogens is 486 g/mol. The van der Waals surface area contributed by atoms with Crippen molar-refractivity contribution < 1.29 is 19.4 Å². The summed E-state index contributed by atoms with van der Waals surface area (Å²) in [5.41, 5.74) is 11.0. The molecule has 0 aliphatic heterocycles. The molecule has 1 unspecified atom stereocenters. The van der Waals surface area contributed by atoms with Crippen molar-refractivity contribution in [2.75, 3.05) is 0 Å². The Balaban J connectivity index is 2.34. The number of fused-ring (bicyclic) bond motifs is 1. The Morgan fingerprint density at radius 1 is 0.867 bits per heavy atom. The van der Waals surface area contributed by atoms with E-state index in [2.05, 4.69) is 98.7 Å². The van der Waals surface area contributed by atoms with E-state index in [4.69, 9.17) is 17.0 Å². The summed E-state index contributed by atoms with van der Waals surface area (Å²) < 4.78 is 0.262. The van der Waals surface area contributed by atoms with Gasteiger partial charge in [0.2, 0.25) is 0 Å². The van der Waals surface area contributed by atoms with Gasteiger partial charge < -0.3 is 0 Å². The molecule has 0 bridgehead atoms. The number of halogens is 2. The van der Waals surface area contributed by atoms with E-state index in [-0.39, 0.29) is 14.5 Å². The van der Waals surface area contributed by atoms with E-state index in [1.807, 2.05) is 0 Å². The van der Waals surface area contributed by atoms with Crippen molar-refractivity contribution in [2.24, 2.45) is 5.92 Å². The van der Waals surface area contributed by atoms with E-state index in [1.165, 1.54) is 44.5 Å². The molecule has 30 heavy (non-hydrogen) atoms. The third-order valence-corrected chi connectivity index (χ3v) is 11.5. The summed E-state index contributed by atoms with van der Waals surface area (Å²) >= 11 is -2.51. The number of rotatable bonds is 3. The minimum absolute atomic E-state index is 0.0937. The summed E-state index contributed by atoms with van der Waals surface area (Å²) in [5.74, 6) is 0.453. The Kier molecular flexibility index (Phi) is 6.91. The van der Waals surface area contributed by atoms with Crippen LogP contribution in [-0.4, -0.2) is 0 Å². The van der Waals surface area contributed by atoms with Crippen molar-refractivity contribution in [1.29, 1.82) is 0 Å². The minimum atomic E-state index is -2.51. The monoisotopic (exact) mass is 519 g/mol. The Bertz CT molecular complexity index is 953. The van der Waals surface area contributed by atoms with Gasteiger partial charge in [-0.3, -0.25) is 0 Å². The first-order valence-electron chi connectivity index (χ1n) is 10.9. The van der Waals surface area contributed by atoms with Crippen LogP contribution in [0.2, 0.25) is 0 Å². The summed E-state index contributed by atoms with van der Waals surface area (Å²) in [6, 6.07) is 11.7. The van der Waals surface area contributed by atoms with Crippen molar-refractivity contribution in [2.45, 2.75) is 76.8 Å². The van der Waals surface area contributed by atoms with Gasteiger partial charge in [0, 0.05) is 0 Å². The van der Waals surface area contributed by atoms with Gasteiger partial charge in [-0.05, 0) is 0 Å². The van der Waals surface area contributed by atoms with E-state index in [0.29, 0.717) is 5.92 Å². The SMILES string of the molecule is Cc1ccc2c(c1-c1cc(C(C)(C)C)cc(C(C)(C)C)c1)C=C(C(C)C)[CH]2[Zr]([Cl])[Cl]. The van der Waals surface area contributed by atoms with Crippen molar-refractivity contribution in [3.05, 3.63) is 63.7 Å². The number of benzene rings is 2. The summed E-state index contributed by atoms with van der Waals surface area (Å²) in [5, 5.41) is 0. The quantitative estimate of drug-likeness (QED) is 0.378. The molecular formula is C27H35Cl2Zr. The molecule has 0 spiro atoms. The standard InChI is InChI=1S/C27H35.2ClH.Zr/c1-17(2)20-12-19-11-10-18(3)25(24(19)15-20)21-13-22(26(4,5)6)16-23(14-21)27(7,8)9;;;/h10-17H,1-9H3;2*1H;/q;;;+2/p-2. The normalized spacial score (nSPS) is 16.7. The van der Waals surface area contributed by atoms with Gasteiger partial charge in [-0.2, -0.15) is 0 Å². The van der Waals surface area contributed by atoms with Crippen LogP contribution >= 0.6 is 17.0 Å². The molecule has 2 aromatic rings. The second-order valence-electron chi connectivity index (χ2n) is 11.1. The number of aryl methyl sites for hydroxylation is 1. The van der Waals surface area contributed by atoms with E-state index in [9.17, 15) is 0 Å². The van der Waals surface area contributed by atoms with Gasteiger partial charge in [0.1, 0.15) is 0 Å². The van der Waals surface area contributed by atoms with Gasteiger partial charge in [-0.1, -0.05) is 0 Å². The molecule has 1 aliphatic rings. The fourth-order valence-electron chi connectivity index (χ4n) is 4.35. The fraction of sp³-hybridized carbons (Fsp3) is 0.481. The molecule has 3 rings (SSSR count). The van der Waals surface area contributed by atoms with Crippen LogP contribution in [0.3, 0.4) is 0 Å². The maximum atomic E-state index is 6.68. The molecule has 0 N–H and O–H groups in total. The Morgan fingerprint density at radius 3 is 1.83 bits per heavy atom. The molecule has 161 valence electrons. The Morgan fingerprint density at radius 2 is 1.40 bits per heavy atom. The molecule has 3 heteroatoms. The Hall–Kier alpha value is -0.357. The van der Waals surface area contributed by atoms with Crippen molar-refractivity contribution in [1.82, 2.24) is 0 Å². The second-order valence-corrected chi connectivity index (χ2v) is 19.9.